The highest BCUT2D eigenvalue weighted by Crippen LogP contribution is 2.18. The van der Waals surface area contributed by atoms with Gasteiger partial charge in [-0.25, -0.2) is 4.68 Å². The fourth-order valence-corrected chi connectivity index (χ4v) is 1.77. The van der Waals surface area contributed by atoms with Crippen LogP contribution in [-0.4, -0.2) is 35.8 Å². The maximum atomic E-state index is 4.14. The van der Waals surface area contributed by atoms with E-state index in [0.717, 1.165) is 23.9 Å². The molecule has 7 nitrogen and oxygen atoms in total. The predicted molar refractivity (Wildman–Crippen MR) is 64.7 cm³/mol. The molecule has 0 spiro atoms. The molecular formula is C11H17N7. The maximum absolute atomic E-state index is 4.14. The highest BCUT2D eigenvalue weighted by atomic mass is 15.4. The Morgan fingerprint density at radius 2 is 2.17 bits per heavy atom. The van der Waals surface area contributed by atoms with Crippen LogP contribution in [0.3, 0.4) is 0 Å². The molecule has 0 unspecified atom stereocenters. The molecule has 1 saturated carbocycles. The van der Waals surface area contributed by atoms with Crippen molar-refractivity contribution < 1.29 is 0 Å². The van der Waals surface area contributed by atoms with Gasteiger partial charge in [-0.2, -0.15) is 0 Å². The molecule has 1 fully saturated rings. The van der Waals surface area contributed by atoms with Crippen LogP contribution in [-0.2, 0) is 20.1 Å². The number of aryl methyl sites for hydroxylation is 1. The Balaban J connectivity index is 1.63. The highest BCUT2D eigenvalue weighted by Gasteiger charge is 2.20. The summed E-state index contributed by atoms with van der Waals surface area (Å²) < 4.78 is 3.76. The van der Waals surface area contributed by atoms with Crippen molar-refractivity contribution in [2.24, 2.45) is 7.05 Å². The first-order chi connectivity index (χ1) is 8.72. The number of rotatable bonds is 5. The molecule has 96 valence electrons. The fraction of sp³-hybridized carbons (Fsp3) is 0.636. The monoisotopic (exact) mass is 247 g/mol. The van der Waals surface area contributed by atoms with Gasteiger partial charge in [0.2, 0.25) is 0 Å². The molecule has 2 aromatic rings. The largest absolute Gasteiger partial charge is 0.317 e. The van der Waals surface area contributed by atoms with Gasteiger partial charge in [0, 0.05) is 19.6 Å². The van der Waals surface area contributed by atoms with Crippen molar-refractivity contribution in [3.8, 4) is 0 Å². The average molecular weight is 247 g/mol. The van der Waals surface area contributed by atoms with Crippen LogP contribution >= 0.6 is 0 Å². The molecule has 18 heavy (non-hydrogen) atoms. The van der Waals surface area contributed by atoms with Gasteiger partial charge in [0.05, 0.1) is 11.9 Å². The minimum Gasteiger partial charge on any atom is -0.317 e. The van der Waals surface area contributed by atoms with Crippen LogP contribution in [0.1, 0.15) is 30.2 Å². The van der Waals surface area contributed by atoms with E-state index >= 15 is 0 Å². The van der Waals surface area contributed by atoms with Crippen molar-refractivity contribution in [2.45, 2.75) is 38.9 Å². The SMILES string of the molecule is Cc1nnc(Cn2cc(CNC3CC3)nn2)n1C. The lowest BCUT2D eigenvalue weighted by atomic mass is 10.4. The smallest absolute Gasteiger partial charge is 0.154 e. The van der Waals surface area contributed by atoms with E-state index in [-0.39, 0.29) is 0 Å². The molecule has 0 saturated heterocycles. The Morgan fingerprint density at radius 3 is 2.83 bits per heavy atom. The zero-order valence-corrected chi connectivity index (χ0v) is 10.7. The topological polar surface area (TPSA) is 73.5 Å². The standard InChI is InChI=1S/C11H17N7/c1-8-13-15-11(17(8)2)7-18-6-10(14-16-18)5-12-9-3-4-9/h6,9,12H,3-5,7H2,1-2H3. The Hall–Kier alpha value is -1.76. The molecule has 3 rings (SSSR count). The van der Waals surface area contributed by atoms with Gasteiger partial charge < -0.3 is 9.88 Å². The summed E-state index contributed by atoms with van der Waals surface area (Å²) in [6.45, 7) is 3.33. The third-order valence-electron chi connectivity index (χ3n) is 3.22. The van der Waals surface area contributed by atoms with E-state index in [9.17, 15) is 0 Å². The van der Waals surface area contributed by atoms with Crippen molar-refractivity contribution in [1.29, 1.82) is 0 Å². The molecule has 0 atom stereocenters. The van der Waals surface area contributed by atoms with Gasteiger partial charge >= 0.3 is 0 Å². The summed E-state index contributed by atoms with van der Waals surface area (Å²) in [6.07, 6.45) is 4.53. The van der Waals surface area contributed by atoms with E-state index in [1.807, 2.05) is 24.7 Å². The van der Waals surface area contributed by atoms with Gasteiger partial charge in [-0.15, -0.1) is 15.3 Å². The molecule has 0 aromatic carbocycles. The third-order valence-corrected chi connectivity index (χ3v) is 3.22. The number of nitrogens with one attached hydrogen (secondary N) is 1. The predicted octanol–water partition coefficient (Wildman–Crippen LogP) is 0.0153. The van der Waals surface area contributed by atoms with Gasteiger partial charge in [0.1, 0.15) is 12.4 Å². The summed E-state index contributed by atoms with van der Waals surface area (Å²) in [5.41, 5.74) is 0.973. The summed E-state index contributed by atoms with van der Waals surface area (Å²) >= 11 is 0. The molecule has 0 aliphatic heterocycles. The van der Waals surface area contributed by atoms with Crippen molar-refractivity contribution >= 4 is 0 Å². The van der Waals surface area contributed by atoms with Gasteiger partial charge in [-0.05, 0) is 19.8 Å². The Kier molecular flexibility index (Phi) is 2.83. The first-order valence-corrected chi connectivity index (χ1v) is 6.19. The van der Waals surface area contributed by atoms with Crippen LogP contribution < -0.4 is 5.32 Å². The Labute approximate surface area is 105 Å². The summed E-state index contributed by atoms with van der Waals surface area (Å²) in [5, 5.41) is 19.8. The van der Waals surface area contributed by atoms with Crippen LogP contribution in [0.25, 0.3) is 0 Å². The number of hydrogen-bond acceptors (Lipinski definition) is 5. The number of hydrogen-bond donors (Lipinski definition) is 1. The normalized spacial score (nSPS) is 15.2. The second-order valence-electron chi connectivity index (χ2n) is 4.79. The lowest BCUT2D eigenvalue weighted by molar-refractivity contribution is 0.603. The molecule has 1 N–H and O–H groups in total. The van der Waals surface area contributed by atoms with Crippen LogP contribution in [0.4, 0.5) is 0 Å². The van der Waals surface area contributed by atoms with E-state index in [2.05, 4.69) is 25.8 Å². The quantitative estimate of drug-likeness (QED) is 0.806. The molecule has 0 amide bonds. The van der Waals surface area contributed by atoms with Gasteiger partial charge in [-0.3, -0.25) is 0 Å². The summed E-state index contributed by atoms with van der Waals surface area (Å²) in [4.78, 5) is 0. The number of aromatic nitrogens is 6. The number of nitrogens with zero attached hydrogens (tertiary/aromatic N) is 6. The lowest BCUT2D eigenvalue weighted by Gasteiger charge is -2.00. The average Bonchev–Trinajstić information content (AvgIpc) is 3.02. The van der Waals surface area contributed by atoms with Crippen molar-refractivity contribution in [1.82, 2.24) is 35.1 Å². The molecule has 7 heteroatoms. The van der Waals surface area contributed by atoms with Crippen molar-refractivity contribution in [2.75, 3.05) is 0 Å². The minimum absolute atomic E-state index is 0.605. The molecule has 0 radical (unpaired) electrons. The van der Waals surface area contributed by atoms with E-state index in [1.165, 1.54) is 12.8 Å². The van der Waals surface area contributed by atoms with Crippen molar-refractivity contribution in [3.63, 3.8) is 0 Å². The van der Waals surface area contributed by atoms with E-state index in [1.54, 1.807) is 4.68 Å². The second kappa shape index (κ2) is 4.49. The molecule has 1 aliphatic carbocycles. The van der Waals surface area contributed by atoms with Gasteiger partial charge in [-0.1, -0.05) is 5.21 Å². The first-order valence-electron chi connectivity index (χ1n) is 6.19. The Bertz CT molecular complexity index is 537. The van der Waals surface area contributed by atoms with E-state index < -0.39 is 0 Å². The first kappa shape index (κ1) is 11.3. The molecule has 0 bridgehead atoms. The van der Waals surface area contributed by atoms with E-state index in [0.29, 0.717) is 12.6 Å². The van der Waals surface area contributed by atoms with Crippen LogP contribution in [0.15, 0.2) is 6.20 Å². The molecule has 1 aliphatic rings. The molecule has 2 heterocycles. The van der Waals surface area contributed by atoms with Gasteiger partial charge in [0.15, 0.2) is 5.82 Å². The zero-order valence-electron chi connectivity index (χ0n) is 10.7. The summed E-state index contributed by atoms with van der Waals surface area (Å²) in [7, 11) is 1.96. The maximum Gasteiger partial charge on any atom is 0.154 e. The second-order valence-corrected chi connectivity index (χ2v) is 4.79. The summed E-state index contributed by atoms with van der Waals surface area (Å²) in [5.74, 6) is 1.79. The lowest BCUT2D eigenvalue weighted by Crippen LogP contribution is -2.15. The van der Waals surface area contributed by atoms with E-state index in [4.69, 9.17) is 0 Å². The zero-order chi connectivity index (χ0) is 12.5. The van der Waals surface area contributed by atoms with Crippen molar-refractivity contribution in [3.05, 3.63) is 23.5 Å². The molecular weight excluding hydrogens is 230 g/mol. The third kappa shape index (κ3) is 2.40. The Morgan fingerprint density at radius 1 is 1.33 bits per heavy atom. The van der Waals surface area contributed by atoms with Gasteiger partial charge in [0.25, 0.3) is 0 Å². The summed E-state index contributed by atoms with van der Waals surface area (Å²) in [6, 6.07) is 0.691. The molecule has 2 aromatic heterocycles. The highest BCUT2D eigenvalue weighted by molar-refractivity contribution is 4.97. The minimum atomic E-state index is 0.605. The van der Waals surface area contributed by atoms with Crippen LogP contribution in [0.2, 0.25) is 0 Å². The fourth-order valence-electron chi connectivity index (χ4n) is 1.77. The van der Waals surface area contributed by atoms with Crippen LogP contribution in [0, 0.1) is 6.92 Å². The van der Waals surface area contributed by atoms with Crippen LogP contribution in [0.5, 0.6) is 0 Å².